The van der Waals surface area contributed by atoms with Crippen LogP contribution >= 0.6 is 7.14 Å². The number of rotatable bonds is 5. The van der Waals surface area contributed by atoms with Gasteiger partial charge in [-0.15, -0.1) is 0 Å². The molecule has 0 aliphatic heterocycles. The monoisotopic (exact) mass is 660 g/mol. The van der Waals surface area contributed by atoms with Crippen LogP contribution in [0, 0.1) is 0 Å². The molecular formula is C46H29O3P. The first kappa shape index (κ1) is 28.8. The van der Waals surface area contributed by atoms with E-state index in [-0.39, 0.29) is 0 Å². The summed E-state index contributed by atoms with van der Waals surface area (Å²) in [5, 5.41) is 9.05. The summed E-state index contributed by atoms with van der Waals surface area (Å²) in [5.74, 6) is 0. The Morgan fingerprint density at radius 3 is 1.32 bits per heavy atom. The first-order chi connectivity index (χ1) is 24.6. The summed E-state index contributed by atoms with van der Waals surface area (Å²) >= 11 is 0. The molecule has 0 aliphatic rings. The molecule has 2 heterocycles. The Bertz CT molecular complexity index is 2910. The quantitative estimate of drug-likeness (QED) is 0.173. The Labute approximate surface area is 288 Å². The van der Waals surface area contributed by atoms with E-state index in [0.717, 1.165) is 92.8 Å². The average molecular weight is 661 g/mol. The van der Waals surface area contributed by atoms with Crippen molar-refractivity contribution in [1.82, 2.24) is 0 Å². The van der Waals surface area contributed by atoms with Crippen molar-refractivity contribution in [3.8, 4) is 22.3 Å². The Morgan fingerprint density at radius 2 is 0.740 bits per heavy atom. The van der Waals surface area contributed by atoms with E-state index in [0.29, 0.717) is 0 Å². The van der Waals surface area contributed by atoms with E-state index in [1.54, 1.807) is 0 Å². The summed E-state index contributed by atoms with van der Waals surface area (Å²) < 4.78 is 27.3. The molecular weight excluding hydrogens is 631 g/mol. The second-order valence-electron chi connectivity index (χ2n) is 12.9. The minimum atomic E-state index is -3.06. The van der Waals surface area contributed by atoms with Crippen molar-refractivity contribution >= 4 is 77.7 Å². The van der Waals surface area contributed by atoms with E-state index in [1.807, 2.05) is 84.9 Å². The molecule has 0 bridgehead atoms. The molecule has 0 fully saturated rings. The molecule has 0 saturated carbocycles. The number of hydrogen-bond donors (Lipinski definition) is 0. The number of hydrogen-bond acceptors (Lipinski definition) is 3. The van der Waals surface area contributed by atoms with Gasteiger partial charge in [0, 0.05) is 37.5 Å². The highest BCUT2D eigenvalue weighted by atomic mass is 31.2. The number of benzene rings is 8. The highest BCUT2D eigenvalue weighted by Crippen LogP contribution is 2.43. The summed E-state index contributed by atoms with van der Waals surface area (Å²) in [6.07, 6.45) is 0. The van der Waals surface area contributed by atoms with Crippen LogP contribution in [0.4, 0.5) is 0 Å². The molecule has 8 aromatic carbocycles. The van der Waals surface area contributed by atoms with Crippen LogP contribution in [0.25, 0.3) is 76.9 Å². The summed E-state index contributed by atoms with van der Waals surface area (Å²) in [7, 11) is -3.06. The minimum Gasteiger partial charge on any atom is -0.456 e. The van der Waals surface area contributed by atoms with Crippen molar-refractivity contribution in [3.63, 3.8) is 0 Å². The van der Waals surface area contributed by atoms with Crippen molar-refractivity contribution in [1.29, 1.82) is 0 Å². The normalized spacial score (nSPS) is 12.1. The summed E-state index contributed by atoms with van der Waals surface area (Å²) in [5.41, 5.74) is 8.01. The van der Waals surface area contributed by atoms with Gasteiger partial charge in [0.25, 0.3) is 0 Å². The minimum absolute atomic E-state index is 0.831. The van der Waals surface area contributed by atoms with Gasteiger partial charge in [0.2, 0.25) is 0 Å². The summed E-state index contributed by atoms with van der Waals surface area (Å²) in [4.78, 5) is 0. The molecule has 236 valence electrons. The Kier molecular flexibility index (Phi) is 6.46. The van der Waals surface area contributed by atoms with E-state index < -0.39 is 7.14 Å². The standard InChI is InChI=1S/C46H29O3P/c47-50(36-9-3-1-4-10-36,37-11-5-2-6-12-37)38-21-17-31-25-30(15-16-32(31)26-38)33-18-23-45-41(28-33)42-29-35(20-24-46(42)49-45)34-19-22-44-40(27-34)39-13-7-8-14-43(39)48-44/h1-29H. The van der Waals surface area contributed by atoms with Gasteiger partial charge in [-0.25, -0.2) is 0 Å². The van der Waals surface area contributed by atoms with Gasteiger partial charge < -0.3 is 13.4 Å². The van der Waals surface area contributed by atoms with Crippen LogP contribution in [0.15, 0.2) is 185 Å². The third-order valence-electron chi connectivity index (χ3n) is 9.94. The molecule has 0 unspecified atom stereocenters. The van der Waals surface area contributed by atoms with Crippen LogP contribution < -0.4 is 15.9 Å². The van der Waals surface area contributed by atoms with Gasteiger partial charge in [-0.2, -0.15) is 0 Å². The molecule has 50 heavy (non-hydrogen) atoms. The van der Waals surface area contributed by atoms with Gasteiger partial charge in [0.1, 0.15) is 22.3 Å². The maximum atomic E-state index is 15.0. The lowest BCUT2D eigenvalue weighted by atomic mass is 9.98. The fourth-order valence-electron chi connectivity index (χ4n) is 7.37. The van der Waals surface area contributed by atoms with E-state index in [2.05, 4.69) is 91.0 Å². The van der Waals surface area contributed by atoms with Gasteiger partial charge in [0.15, 0.2) is 7.14 Å². The van der Waals surface area contributed by atoms with Crippen LogP contribution in [0.3, 0.4) is 0 Å². The SMILES string of the molecule is O=P(c1ccccc1)(c1ccccc1)c1ccc2cc(-c3ccc4oc5ccc(-c6ccc7oc8ccccc8c7c6)cc5c4c3)ccc2c1. The molecule has 2 aromatic heterocycles. The largest absolute Gasteiger partial charge is 0.456 e. The van der Waals surface area contributed by atoms with Gasteiger partial charge >= 0.3 is 0 Å². The third kappa shape index (κ3) is 4.55. The topological polar surface area (TPSA) is 43.4 Å². The van der Waals surface area contributed by atoms with E-state index in [4.69, 9.17) is 8.83 Å². The van der Waals surface area contributed by atoms with E-state index in [9.17, 15) is 4.57 Å². The second-order valence-corrected chi connectivity index (χ2v) is 15.6. The fraction of sp³-hybridized carbons (Fsp3) is 0. The van der Waals surface area contributed by atoms with Crippen molar-refractivity contribution < 1.29 is 13.4 Å². The van der Waals surface area contributed by atoms with Crippen molar-refractivity contribution in [3.05, 3.63) is 176 Å². The van der Waals surface area contributed by atoms with Crippen LogP contribution in [-0.4, -0.2) is 0 Å². The molecule has 0 spiro atoms. The zero-order chi connectivity index (χ0) is 33.2. The van der Waals surface area contributed by atoms with Gasteiger partial charge in [0.05, 0.1) is 0 Å². The first-order valence-corrected chi connectivity index (χ1v) is 18.5. The van der Waals surface area contributed by atoms with E-state index >= 15 is 0 Å². The first-order valence-electron chi connectivity index (χ1n) is 16.8. The Balaban J connectivity index is 1.04. The van der Waals surface area contributed by atoms with Crippen molar-refractivity contribution in [2.75, 3.05) is 0 Å². The maximum Gasteiger partial charge on any atom is 0.171 e. The van der Waals surface area contributed by atoms with E-state index in [1.165, 1.54) is 0 Å². The molecule has 0 N–H and O–H groups in total. The lowest BCUT2D eigenvalue weighted by molar-refractivity contribution is 0.592. The summed E-state index contributed by atoms with van der Waals surface area (Å²) in [6.45, 7) is 0. The lowest BCUT2D eigenvalue weighted by Gasteiger charge is -2.20. The van der Waals surface area contributed by atoms with Crippen molar-refractivity contribution in [2.45, 2.75) is 0 Å². The molecule has 3 nitrogen and oxygen atoms in total. The molecule has 10 aromatic rings. The molecule has 0 amide bonds. The average Bonchev–Trinajstić information content (AvgIpc) is 3.75. The predicted octanol–water partition coefficient (Wildman–Crippen LogP) is 11.6. The zero-order valence-corrected chi connectivity index (χ0v) is 27.8. The number of para-hydroxylation sites is 1. The maximum absolute atomic E-state index is 15.0. The second kappa shape index (κ2) is 11.2. The third-order valence-corrected chi connectivity index (χ3v) is 13.0. The van der Waals surface area contributed by atoms with Crippen LogP contribution in [0.1, 0.15) is 0 Å². The highest BCUT2D eigenvalue weighted by Gasteiger charge is 2.29. The molecule has 0 saturated heterocycles. The van der Waals surface area contributed by atoms with Crippen molar-refractivity contribution in [2.24, 2.45) is 0 Å². The molecule has 0 aliphatic carbocycles. The zero-order valence-electron chi connectivity index (χ0n) is 26.9. The smallest absolute Gasteiger partial charge is 0.171 e. The van der Waals surface area contributed by atoms with Gasteiger partial charge in [-0.3, -0.25) is 0 Å². The Morgan fingerprint density at radius 1 is 0.320 bits per heavy atom. The molecule has 4 heteroatoms. The van der Waals surface area contributed by atoms with Crippen LogP contribution in [-0.2, 0) is 4.57 Å². The van der Waals surface area contributed by atoms with Crippen LogP contribution in [0.2, 0.25) is 0 Å². The number of fused-ring (bicyclic) bond motifs is 7. The highest BCUT2D eigenvalue weighted by molar-refractivity contribution is 7.85. The van der Waals surface area contributed by atoms with Gasteiger partial charge in [-0.05, 0) is 87.6 Å². The molecule has 0 atom stereocenters. The molecule has 10 rings (SSSR count). The van der Waals surface area contributed by atoms with Gasteiger partial charge in [-0.1, -0.05) is 121 Å². The molecule has 0 radical (unpaired) electrons. The number of furan rings is 2. The lowest BCUT2D eigenvalue weighted by Crippen LogP contribution is -2.24. The predicted molar refractivity (Wildman–Crippen MR) is 209 cm³/mol. The summed E-state index contributed by atoms with van der Waals surface area (Å²) in [6, 6.07) is 59.8. The Hall–Kier alpha value is -6.15. The fourth-order valence-corrected chi connectivity index (χ4v) is 10.1. The van der Waals surface area contributed by atoms with Crippen LogP contribution in [0.5, 0.6) is 0 Å².